The van der Waals surface area contributed by atoms with Crippen molar-refractivity contribution < 1.29 is 19.4 Å². The van der Waals surface area contributed by atoms with Crippen LogP contribution in [0.25, 0.3) is 11.0 Å². The maximum Gasteiger partial charge on any atom is 0.307 e. The van der Waals surface area contributed by atoms with Crippen LogP contribution < -0.4 is 10.1 Å². The van der Waals surface area contributed by atoms with Crippen LogP contribution in [0.1, 0.15) is 12.8 Å². The van der Waals surface area contributed by atoms with E-state index in [0.717, 1.165) is 5.52 Å². The van der Waals surface area contributed by atoms with Crippen LogP contribution in [0.15, 0.2) is 54.9 Å². The fourth-order valence-corrected chi connectivity index (χ4v) is 2.50. The molecule has 0 aliphatic heterocycles. The lowest BCUT2D eigenvalue weighted by molar-refractivity contribution is -0.139. The minimum Gasteiger partial charge on any atom is -0.487 e. The lowest BCUT2D eigenvalue weighted by Gasteiger charge is -2.17. The number of rotatable bonds is 7. The van der Waals surface area contributed by atoms with Gasteiger partial charge in [0.1, 0.15) is 17.4 Å². The molecule has 3 N–H and O–H groups in total. The molecule has 128 valence electrons. The van der Waals surface area contributed by atoms with Gasteiger partial charge in [0.15, 0.2) is 0 Å². The Balaban J connectivity index is 1.72. The van der Waals surface area contributed by atoms with Crippen LogP contribution in [0.4, 0.5) is 5.69 Å². The number of nitrogens with zero attached hydrogens (tertiary/aromatic N) is 1. The van der Waals surface area contributed by atoms with Gasteiger partial charge in [-0.05, 0) is 24.3 Å². The van der Waals surface area contributed by atoms with Crippen LogP contribution in [-0.4, -0.2) is 33.1 Å². The van der Waals surface area contributed by atoms with E-state index in [-0.39, 0.29) is 18.7 Å². The second-order valence-corrected chi connectivity index (χ2v) is 5.51. The highest BCUT2D eigenvalue weighted by Gasteiger charge is 2.20. The Kier molecular flexibility index (Phi) is 4.94. The molecule has 0 aliphatic carbocycles. The molecule has 0 saturated carbocycles. The standard InChI is InChI=1S/C18H17N3O4/c22-16(21-12-5-2-1-3-6-12)9-13(10-17(23)24)25-15-8-4-7-14-18(15)20-11-19-14/h1-8,11,13H,9-10H2,(H,19,20)(H,21,22)(H,23,24). The average Bonchev–Trinajstić information content (AvgIpc) is 3.04. The first-order valence-corrected chi connectivity index (χ1v) is 7.77. The van der Waals surface area contributed by atoms with Crippen molar-refractivity contribution in [2.24, 2.45) is 0 Å². The first-order chi connectivity index (χ1) is 12.1. The Morgan fingerprint density at radius 3 is 2.68 bits per heavy atom. The highest BCUT2D eigenvalue weighted by atomic mass is 16.5. The summed E-state index contributed by atoms with van der Waals surface area (Å²) < 4.78 is 5.78. The van der Waals surface area contributed by atoms with E-state index in [2.05, 4.69) is 15.3 Å². The third kappa shape index (κ3) is 4.35. The minimum atomic E-state index is -1.04. The molecule has 1 amide bonds. The fraction of sp³-hybridized carbons (Fsp3) is 0.167. The third-order valence-electron chi connectivity index (χ3n) is 3.58. The van der Waals surface area contributed by atoms with Gasteiger partial charge in [0.2, 0.25) is 5.91 Å². The van der Waals surface area contributed by atoms with E-state index in [1.807, 2.05) is 12.1 Å². The van der Waals surface area contributed by atoms with Gasteiger partial charge in [-0.3, -0.25) is 9.59 Å². The van der Waals surface area contributed by atoms with Crippen LogP contribution in [0.2, 0.25) is 0 Å². The van der Waals surface area contributed by atoms with Gasteiger partial charge in [-0.25, -0.2) is 4.98 Å². The molecule has 7 nitrogen and oxygen atoms in total. The van der Waals surface area contributed by atoms with Crippen molar-refractivity contribution >= 4 is 28.6 Å². The summed E-state index contributed by atoms with van der Waals surface area (Å²) in [5.41, 5.74) is 2.03. The number of H-pyrrole nitrogens is 1. The number of nitrogens with one attached hydrogen (secondary N) is 2. The van der Waals surface area contributed by atoms with E-state index in [1.54, 1.807) is 36.4 Å². The summed E-state index contributed by atoms with van der Waals surface area (Å²) in [5, 5.41) is 11.8. The molecular weight excluding hydrogens is 322 g/mol. The summed E-state index contributed by atoms with van der Waals surface area (Å²) in [6.45, 7) is 0. The number of ether oxygens (including phenoxy) is 1. The van der Waals surface area contributed by atoms with Gasteiger partial charge in [0.05, 0.1) is 24.7 Å². The highest BCUT2D eigenvalue weighted by molar-refractivity contribution is 5.91. The van der Waals surface area contributed by atoms with Gasteiger partial charge in [0.25, 0.3) is 0 Å². The molecule has 1 atom stereocenters. The zero-order valence-electron chi connectivity index (χ0n) is 13.3. The summed E-state index contributed by atoms with van der Waals surface area (Å²) >= 11 is 0. The highest BCUT2D eigenvalue weighted by Crippen LogP contribution is 2.24. The SMILES string of the molecule is O=C(O)CC(CC(=O)Nc1ccccc1)Oc1cccc2[nH]cnc12. The summed E-state index contributed by atoms with van der Waals surface area (Å²) in [5.74, 6) is -0.907. The van der Waals surface area contributed by atoms with Crippen molar-refractivity contribution in [3.05, 3.63) is 54.9 Å². The molecule has 7 heteroatoms. The quantitative estimate of drug-likeness (QED) is 0.614. The van der Waals surface area contributed by atoms with Crippen molar-refractivity contribution in [1.82, 2.24) is 9.97 Å². The molecule has 3 aromatic rings. The van der Waals surface area contributed by atoms with Crippen LogP contribution in [0.5, 0.6) is 5.75 Å². The number of aromatic nitrogens is 2. The Labute approximate surface area is 143 Å². The van der Waals surface area contributed by atoms with Crippen molar-refractivity contribution in [2.45, 2.75) is 18.9 Å². The molecule has 0 radical (unpaired) electrons. The lowest BCUT2D eigenvalue weighted by Crippen LogP contribution is -2.27. The van der Waals surface area contributed by atoms with E-state index < -0.39 is 12.1 Å². The molecule has 0 saturated heterocycles. The lowest BCUT2D eigenvalue weighted by atomic mass is 10.1. The number of carboxylic acids is 1. The maximum absolute atomic E-state index is 12.2. The van der Waals surface area contributed by atoms with Gasteiger partial charge in [0, 0.05) is 5.69 Å². The molecule has 3 rings (SSSR count). The predicted octanol–water partition coefficient (Wildman–Crippen LogP) is 2.81. The van der Waals surface area contributed by atoms with Gasteiger partial charge >= 0.3 is 5.97 Å². The average molecular weight is 339 g/mol. The molecule has 0 fully saturated rings. The smallest absolute Gasteiger partial charge is 0.307 e. The number of amides is 1. The molecule has 0 aliphatic rings. The summed E-state index contributed by atoms with van der Waals surface area (Å²) in [7, 11) is 0. The van der Waals surface area contributed by atoms with E-state index in [0.29, 0.717) is 17.0 Å². The topological polar surface area (TPSA) is 104 Å². The predicted molar refractivity (Wildman–Crippen MR) is 92.5 cm³/mol. The zero-order valence-corrected chi connectivity index (χ0v) is 13.3. The summed E-state index contributed by atoms with van der Waals surface area (Å²) in [6.07, 6.45) is 0.361. The number of carbonyl (C=O) groups excluding carboxylic acids is 1. The normalized spacial score (nSPS) is 11.8. The Morgan fingerprint density at radius 1 is 1.12 bits per heavy atom. The second kappa shape index (κ2) is 7.48. The molecular formula is C18H17N3O4. The number of hydrogen-bond donors (Lipinski definition) is 3. The molecule has 1 aromatic heterocycles. The molecule has 2 aromatic carbocycles. The monoisotopic (exact) mass is 339 g/mol. The molecule has 0 bridgehead atoms. The zero-order chi connectivity index (χ0) is 17.6. The van der Waals surface area contributed by atoms with E-state index in [9.17, 15) is 9.59 Å². The first-order valence-electron chi connectivity index (χ1n) is 7.77. The van der Waals surface area contributed by atoms with Gasteiger partial charge in [-0.1, -0.05) is 24.3 Å². The number of para-hydroxylation sites is 2. The third-order valence-corrected chi connectivity index (χ3v) is 3.58. The molecule has 25 heavy (non-hydrogen) atoms. The number of anilines is 1. The van der Waals surface area contributed by atoms with Crippen molar-refractivity contribution in [3.8, 4) is 5.75 Å². The van der Waals surface area contributed by atoms with Gasteiger partial charge < -0.3 is 20.1 Å². The Morgan fingerprint density at radius 2 is 1.92 bits per heavy atom. The van der Waals surface area contributed by atoms with Crippen molar-refractivity contribution in [2.75, 3.05) is 5.32 Å². The largest absolute Gasteiger partial charge is 0.487 e. The van der Waals surface area contributed by atoms with E-state index in [4.69, 9.17) is 9.84 Å². The summed E-state index contributed by atoms with van der Waals surface area (Å²) in [4.78, 5) is 30.5. The van der Waals surface area contributed by atoms with Crippen molar-refractivity contribution in [3.63, 3.8) is 0 Å². The fourth-order valence-electron chi connectivity index (χ4n) is 2.50. The number of fused-ring (bicyclic) bond motifs is 1. The van der Waals surface area contributed by atoms with Gasteiger partial charge in [-0.2, -0.15) is 0 Å². The molecule has 1 unspecified atom stereocenters. The maximum atomic E-state index is 12.2. The molecule has 0 spiro atoms. The number of imidazole rings is 1. The number of benzene rings is 2. The van der Waals surface area contributed by atoms with Crippen molar-refractivity contribution in [1.29, 1.82) is 0 Å². The van der Waals surface area contributed by atoms with Crippen LogP contribution in [0, 0.1) is 0 Å². The Bertz CT molecular complexity index is 876. The van der Waals surface area contributed by atoms with Crippen LogP contribution in [0.3, 0.4) is 0 Å². The van der Waals surface area contributed by atoms with Crippen LogP contribution >= 0.6 is 0 Å². The number of aromatic amines is 1. The summed E-state index contributed by atoms with van der Waals surface area (Å²) in [6, 6.07) is 14.3. The minimum absolute atomic E-state index is 0.0813. The number of aliphatic carboxylic acids is 1. The van der Waals surface area contributed by atoms with E-state index in [1.165, 1.54) is 6.33 Å². The number of carboxylic acid groups (broad SMARTS) is 1. The number of carbonyl (C=O) groups is 2. The van der Waals surface area contributed by atoms with Crippen LogP contribution in [-0.2, 0) is 9.59 Å². The Hall–Kier alpha value is -3.35. The van der Waals surface area contributed by atoms with Gasteiger partial charge in [-0.15, -0.1) is 0 Å². The second-order valence-electron chi connectivity index (χ2n) is 5.51. The first kappa shape index (κ1) is 16.5. The van der Waals surface area contributed by atoms with E-state index >= 15 is 0 Å². The molecule has 1 heterocycles. The number of hydrogen-bond acceptors (Lipinski definition) is 4.